The summed E-state index contributed by atoms with van der Waals surface area (Å²) in [4.78, 5) is 12.7. The molecule has 0 saturated heterocycles. The number of aromatic carboxylic acids is 1. The number of methoxy groups -OCH3 is 2. The van der Waals surface area contributed by atoms with Crippen molar-refractivity contribution < 1.29 is 32.5 Å². The molecule has 8 heteroatoms. The number of carboxylic acid groups (broad SMARTS) is 1. The minimum atomic E-state index is -4.51. The second kappa shape index (κ2) is 10.2. The molecule has 4 aromatic carbocycles. The van der Waals surface area contributed by atoms with Crippen molar-refractivity contribution in [1.82, 2.24) is 4.57 Å². The van der Waals surface area contributed by atoms with Gasteiger partial charge in [0.05, 0.1) is 19.8 Å². The Morgan fingerprint density at radius 3 is 1.95 bits per heavy atom. The molecule has 0 spiro atoms. The van der Waals surface area contributed by atoms with E-state index in [-0.39, 0.29) is 12.2 Å². The van der Waals surface area contributed by atoms with Crippen LogP contribution in [0, 0.1) is 0 Å². The van der Waals surface area contributed by atoms with Crippen molar-refractivity contribution in [3.63, 3.8) is 0 Å². The number of nitrogens with zero attached hydrogens (tertiary/aromatic N) is 1. The van der Waals surface area contributed by atoms with E-state index in [0.29, 0.717) is 39.1 Å². The molecule has 0 aliphatic rings. The predicted octanol–water partition coefficient (Wildman–Crippen LogP) is 7.76. The van der Waals surface area contributed by atoms with Crippen molar-refractivity contribution in [3.8, 4) is 33.8 Å². The molecule has 1 aromatic heterocycles. The summed E-state index contributed by atoms with van der Waals surface area (Å²) in [6.07, 6.45) is -4.51. The van der Waals surface area contributed by atoms with Gasteiger partial charge in [0, 0.05) is 23.0 Å². The van der Waals surface area contributed by atoms with Crippen molar-refractivity contribution in [2.24, 2.45) is 0 Å². The second-order valence-electron chi connectivity index (χ2n) is 9.00. The highest BCUT2D eigenvalue weighted by Crippen LogP contribution is 2.39. The lowest BCUT2D eigenvalue weighted by Gasteiger charge is -2.12. The maximum Gasteiger partial charge on any atom is 0.416 e. The first-order chi connectivity index (χ1) is 18.7. The highest BCUT2D eigenvalue weighted by atomic mass is 19.4. The number of halogens is 3. The van der Waals surface area contributed by atoms with E-state index in [9.17, 15) is 23.1 Å². The van der Waals surface area contributed by atoms with Gasteiger partial charge in [0.15, 0.2) is 0 Å². The molecule has 0 fully saturated rings. The molecule has 5 nitrogen and oxygen atoms in total. The van der Waals surface area contributed by atoms with Crippen molar-refractivity contribution >= 4 is 16.9 Å². The summed E-state index contributed by atoms with van der Waals surface area (Å²) in [5.41, 5.74) is 3.01. The van der Waals surface area contributed by atoms with Crippen LogP contribution in [-0.2, 0) is 12.7 Å². The first kappa shape index (κ1) is 25.9. The van der Waals surface area contributed by atoms with E-state index < -0.39 is 17.7 Å². The summed E-state index contributed by atoms with van der Waals surface area (Å²) >= 11 is 0. The zero-order chi connectivity index (χ0) is 27.7. The first-order valence-electron chi connectivity index (χ1n) is 12.0. The molecule has 0 unspecified atom stereocenters. The number of hydrogen-bond acceptors (Lipinski definition) is 3. The zero-order valence-electron chi connectivity index (χ0n) is 21.1. The van der Waals surface area contributed by atoms with Gasteiger partial charge >= 0.3 is 12.1 Å². The van der Waals surface area contributed by atoms with E-state index in [0.717, 1.165) is 23.3 Å². The molecule has 0 radical (unpaired) electrons. The highest BCUT2D eigenvalue weighted by molar-refractivity contribution is 6.09. The minimum absolute atomic E-state index is 0.0144. The quantitative estimate of drug-likeness (QED) is 0.233. The highest BCUT2D eigenvalue weighted by Gasteiger charge is 2.31. The monoisotopic (exact) mass is 531 g/mol. The molecule has 0 aliphatic carbocycles. The number of carbonyl (C=O) groups is 1. The van der Waals surface area contributed by atoms with E-state index >= 15 is 0 Å². The van der Waals surface area contributed by atoms with Crippen LogP contribution in [0.1, 0.15) is 21.6 Å². The van der Waals surface area contributed by atoms with Crippen LogP contribution >= 0.6 is 0 Å². The summed E-state index contributed by atoms with van der Waals surface area (Å²) in [7, 11) is 3.13. The van der Waals surface area contributed by atoms with E-state index in [1.807, 2.05) is 42.5 Å². The molecule has 1 heterocycles. The standard InChI is InChI=1S/C31H24F3NO4/c1-38-24-11-6-20(7-12-24)22-10-15-27-26(17-22)28(21-8-13-25(39-2)14-9-21)29(30(36)37)35(27)18-19-4-3-5-23(16-19)31(32,33)34/h3-17H,18H2,1-2H3,(H,36,37). The average Bonchev–Trinajstić information content (AvgIpc) is 3.26. The Morgan fingerprint density at radius 2 is 1.38 bits per heavy atom. The molecule has 0 aliphatic heterocycles. The molecular formula is C31H24F3NO4. The Labute approximate surface area is 222 Å². The number of ether oxygens (including phenoxy) is 2. The summed E-state index contributed by atoms with van der Waals surface area (Å²) < 4.78 is 52.2. The fourth-order valence-corrected chi connectivity index (χ4v) is 4.78. The Balaban J connectivity index is 1.74. The zero-order valence-corrected chi connectivity index (χ0v) is 21.1. The fourth-order valence-electron chi connectivity index (χ4n) is 4.78. The van der Waals surface area contributed by atoms with E-state index in [4.69, 9.17) is 9.47 Å². The molecule has 5 aromatic rings. The average molecular weight is 532 g/mol. The Morgan fingerprint density at radius 1 is 0.795 bits per heavy atom. The van der Waals surface area contributed by atoms with Gasteiger partial charge in [-0.2, -0.15) is 13.2 Å². The molecule has 198 valence electrons. The molecular weight excluding hydrogens is 507 g/mol. The van der Waals surface area contributed by atoms with Gasteiger partial charge in [0.2, 0.25) is 0 Å². The van der Waals surface area contributed by atoms with Gasteiger partial charge in [-0.05, 0) is 70.8 Å². The van der Waals surface area contributed by atoms with E-state index in [1.54, 1.807) is 49.1 Å². The third kappa shape index (κ3) is 5.05. The van der Waals surface area contributed by atoms with Crippen LogP contribution in [0.2, 0.25) is 0 Å². The Hall–Kier alpha value is -4.72. The van der Waals surface area contributed by atoms with Crippen LogP contribution in [0.5, 0.6) is 11.5 Å². The number of fused-ring (bicyclic) bond motifs is 1. The molecule has 1 N–H and O–H groups in total. The lowest BCUT2D eigenvalue weighted by molar-refractivity contribution is -0.137. The number of aromatic nitrogens is 1. The molecule has 0 bridgehead atoms. The van der Waals surface area contributed by atoms with Gasteiger partial charge in [-0.25, -0.2) is 4.79 Å². The first-order valence-corrected chi connectivity index (χ1v) is 12.0. The van der Waals surface area contributed by atoms with Gasteiger partial charge in [-0.1, -0.05) is 42.5 Å². The third-order valence-electron chi connectivity index (χ3n) is 6.66. The van der Waals surface area contributed by atoms with Crippen molar-refractivity contribution in [2.75, 3.05) is 14.2 Å². The topological polar surface area (TPSA) is 60.7 Å². The number of carboxylic acids is 1. The molecule has 0 amide bonds. The third-order valence-corrected chi connectivity index (χ3v) is 6.66. The predicted molar refractivity (Wildman–Crippen MR) is 143 cm³/mol. The second-order valence-corrected chi connectivity index (χ2v) is 9.00. The normalized spacial score (nSPS) is 11.5. The van der Waals surface area contributed by atoms with Crippen molar-refractivity contribution in [3.05, 3.63) is 108 Å². The maximum absolute atomic E-state index is 13.4. The number of hydrogen-bond donors (Lipinski definition) is 1. The van der Waals surface area contributed by atoms with Gasteiger partial charge in [0.1, 0.15) is 17.2 Å². The summed E-state index contributed by atoms with van der Waals surface area (Å²) in [5, 5.41) is 11.0. The van der Waals surface area contributed by atoms with Crippen LogP contribution in [0.4, 0.5) is 13.2 Å². The molecule has 0 atom stereocenters. The Kier molecular flexibility index (Phi) is 6.78. The van der Waals surface area contributed by atoms with E-state index in [2.05, 4.69) is 0 Å². The van der Waals surface area contributed by atoms with Crippen LogP contribution in [0.15, 0.2) is 91.0 Å². The smallest absolute Gasteiger partial charge is 0.416 e. The number of alkyl halides is 3. The molecule has 5 rings (SSSR count). The SMILES string of the molecule is COc1ccc(-c2ccc3c(c2)c(-c2ccc(OC)cc2)c(C(=O)O)n3Cc2cccc(C(F)(F)F)c2)cc1. The van der Waals surface area contributed by atoms with Crippen LogP contribution < -0.4 is 9.47 Å². The van der Waals surface area contributed by atoms with Gasteiger partial charge in [-0.3, -0.25) is 0 Å². The Bertz CT molecular complexity index is 1650. The lowest BCUT2D eigenvalue weighted by Crippen LogP contribution is -2.11. The summed E-state index contributed by atoms with van der Waals surface area (Å²) in [6.45, 7) is -0.0555. The van der Waals surface area contributed by atoms with Crippen LogP contribution in [0.25, 0.3) is 33.2 Å². The largest absolute Gasteiger partial charge is 0.497 e. The summed E-state index contributed by atoms with van der Waals surface area (Å²) in [6, 6.07) is 25.0. The minimum Gasteiger partial charge on any atom is -0.497 e. The van der Waals surface area contributed by atoms with Crippen LogP contribution in [0.3, 0.4) is 0 Å². The van der Waals surface area contributed by atoms with E-state index in [1.165, 1.54) is 6.07 Å². The fraction of sp³-hybridized carbons (Fsp3) is 0.129. The van der Waals surface area contributed by atoms with Gasteiger partial charge in [0.25, 0.3) is 0 Å². The number of benzene rings is 4. The lowest BCUT2D eigenvalue weighted by atomic mass is 9.98. The number of rotatable bonds is 7. The van der Waals surface area contributed by atoms with Crippen molar-refractivity contribution in [1.29, 1.82) is 0 Å². The molecule has 39 heavy (non-hydrogen) atoms. The van der Waals surface area contributed by atoms with Gasteiger partial charge < -0.3 is 19.1 Å². The van der Waals surface area contributed by atoms with Gasteiger partial charge in [-0.15, -0.1) is 0 Å². The maximum atomic E-state index is 13.4. The van der Waals surface area contributed by atoms with Crippen molar-refractivity contribution in [2.45, 2.75) is 12.7 Å². The van der Waals surface area contributed by atoms with Crippen LogP contribution in [-0.4, -0.2) is 29.9 Å². The molecule has 0 saturated carbocycles. The summed E-state index contributed by atoms with van der Waals surface area (Å²) in [5.74, 6) is 0.136.